The molecule has 2 amide bonds. The molecule has 1 heterocycles. The van der Waals surface area contributed by atoms with E-state index in [0.717, 1.165) is 76.2 Å². The minimum Gasteiger partial charge on any atom is -0.394 e. The first-order chi connectivity index (χ1) is 26.8. The van der Waals surface area contributed by atoms with E-state index >= 15 is 0 Å². The number of aliphatic imine (C=N–C) groups is 1. The van der Waals surface area contributed by atoms with Crippen molar-refractivity contribution in [1.29, 1.82) is 0 Å². The number of fused-ring (bicyclic) bond motifs is 1. The number of aromatic nitrogens is 2. The number of nitrogen functional groups attached to an aromatic ring is 1. The number of halogens is 1. The van der Waals surface area contributed by atoms with Crippen molar-refractivity contribution >= 4 is 35.2 Å². The number of primary amides is 1. The molecule has 0 bridgehead atoms. The van der Waals surface area contributed by atoms with Gasteiger partial charge in [-0.15, -0.1) is 0 Å². The predicted octanol–water partition coefficient (Wildman–Crippen LogP) is 0.661. The van der Waals surface area contributed by atoms with Crippen LogP contribution in [0.15, 0.2) is 17.1 Å². The lowest BCUT2D eigenvalue weighted by atomic mass is 9.82. The van der Waals surface area contributed by atoms with Crippen LogP contribution in [0.5, 0.6) is 0 Å². The highest BCUT2D eigenvalue weighted by atomic mass is 35.5. The zero-order chi connectivity index (χ0) is 41.2. The molecule has 0 spiro atoms. The lowest BCUT2D eigenvalue weighted by molar-refractivity contribution is -0.120. The minimum atomic E-state index is -1.68. The van der Waals surface area contributed by atoms with E-state index in [2.05, 4.69) is 44.7 Å². The topological polar surface area (TPSA) is 279 Å². The van der Waals surface area contributed by atoms with Crippen LogP contribution in [0.3, 0.4) is 0 Å². The summed E-state index contributed by atoms with van der Waals surface area (Å²) in [6, 6.07) is 3.70. The average molecular weight is 806 g/mol. The normalized spacial score (nSPS) is 15.9. The summed E-state index contributed by atoms with van der Waals surface area (Å²) in [5, 5.41) is 55.8. The monoisotopic (exact) mass is 805 g/mol. The van der Waals surface area contributed by atoms with Crippen molar-refractivity contribution in [2.24, 2.45) is 16.5 Å². The van der Waals surface area contributed by atoms with Gasteiger partial charge in [-0.2, -0.15) is 0 Å². The molecule has 0 aliphatic heterocycles. The van der Waals surface area contributed by atoms with Gasteiger partial charge in [0.25, 0.3) is 5.91 Å². The van der Waals surface area contributed by atoms with Crippen molar-refractivity contribution in [3.8, 4) is 0 Å². The third kappa shape index (κ3) is 14.8. The third-order valence-electron chi connectivity index (χ3n) is 10.3. The first-order valence-electron chi connectivity index (χ1n) is 19.9. The second kappa shape index (κ2) is 24.3. The molecule has 1 aliphatic carbocycles. The number of guanidine groups is 1. The number of benzene rings is 1. The molecule has 0 radical (unpaired) electrons. The number of carbonyl (C=O) groups is 2. The van der Waals surface area contributed by atoms with Gasteiger partial charge in [0, 0.05) is 13.1 Å². The summed E-state index contributed by atoms with van der Waals surface area (Å²) >= 11 is 5.99. The highest BCUT2D eigenvalue weighted by Gasteiger charge is 2.31. The Labute approximate surface area is 335 Å². The Hall–Kier alpha value is -3.48. The van der Waals surface area contributed by atoms with E-state index in [9.17, 15) is 30.0 Å². The Morgan fingerprint density at radius 1 is 0.929 bits per heavy atom. The quantitative estimate of drug-likeness (QED) is 0.0376. The second-order valence-electron chi connectivity index (χ2n) is 14.7. The molecule has 0 saturated heterocycles. The first kappa shape index (κ1) is 46.9. The maximum atomic E-state index is 12.6. The van der Waals surface area contributed by atoms with Crippen LogP contribution in [0, 0.1) is 6.92 Å². The summed E-state index contributed by atoms with van der Waals surface area (Å²) in [6.07, 6.45) is 5.59. The number of unbranched alkanes of at least 4 members (excludes halogenated alkanes) is 4. The standard InChI is InChI=1S/C39H64ClN9O7/c1-3-4-5-10-19-49(22-30(51)33(53)34(54)31(52)23-50)20-11-18-44-29(37(42)55)21-26-16-15-25(27-13-6-7-14-28(26)27)12-8-9-17-45-39(43)48-38(56)32-36(41)46-24(2)35(40)47-32/h15-16,29-31,33-34,44,50-54H,3-14,17-23H2,1-2H3,(H2,41,46)(H2,42,55)(H3,43,45,48,56)/t29-,30-,31+,33+,34+/m0/s1. The summed E-state index contributed by atoms with van der Waals surface area (Å²) in [4.78, 5) is 39.4. The van der Waals surface area contributed by atoms with E-state index in [-0.39, 0.29) is 29.2 Å². The van der Waals surface area contributed by atoms with Gasteiger partial charge in [-0.05, 0) is 113 Å². The number of nitrogens with zero attached hydrogens (tertiary/aromatic N) is 4. The molecule has 13 N–H and O–H groups in total. The number of rotatable bonds is 25. The second-order valence-corrected chi connectivity index (χ2v) is 15.0. The molecule has 314 valence electrons. The number of aliphatic hydroxyl groups excluding tert-OH is 5. The Balaban J connectivity index is 1.54. The van der Waals surface area contributed by atoms with E-state index in [1.807, 2.05) is 4.90 Å². The van der Waals surface area contributed by atoms with Crippen molar-refractivity contribution in [3.05, 3.63) is 50.9 Å². The zero-order valence-corrected chi connectivity index (χ0v) is 33.7. The number of aryl methyl sites for hydroxylation is 2. The number of hydrogen-bond acceptors (Lipinski definition) is 13. The molecular formula is C39H64ClN9O7. The molecule has 5 atom stereocenters. The third-order valence-corrected chi connectivity index (χ3v) is 10.6. The molecule has 3 rings (SSSR count). The predicted molar refractivity (Wildman–Crippen MR) is 217 cm³/mol. The molecule has 1 aromatic carbocycles. The van der Waals surface area contributed by atoms with Crippen LogP contribution in [0.2, 0.25) is 5.15 Å². The van der Waals surface area contributed by atoms with Gasteiger partial charge in [-0.3, -0.25) is 19.9 Å². The Bertz CT molecular complexity index is 1580. The molecule has 0 unspecified atom stereocenters. The smallest absolute Gasteiger partial charge is 0.280 e. The molecule has 0 saturated carbocycles. The van der Waals surface area contributed by atoms with E-state index < -0.39 is 48.9 Å². The lowest BCUT2D eigenvalue weighted by Crippen LogP contribution is -2.50. The fourth-order valence-electron chi connectivity index (χ4n) is 7.03. The van der Waals surface area contributed by atoms with E-state index in [1.165, 1.54) is 16.7 Å². The fraction of sp³-hybridized carbons (Fsp3) is 0.667. The summed E-state index contributed by atoms with van der Waals surface area (Å²) < 4.78 is 0. The highest BCUT2D eigenvalue weighted by molar-refractivity contribution is 6.30. The first-order valence-corrected chi connectivity index (χ1v) is 20.3. The molecule has 2 aromatic rings. The molecule has 0 fully saturated rings. The fourth-order valence-corrected chi connectivity index (χ4v) is 7.16. The summed E-state index contributed by atoms with van der Waals surface area (Å²) in [5.74, 6) is -1.16. The van der Waals surface area contributed by atoms with Crippen LogP contribution in [0.4, 0.5) is 5.82 Å². The number of carbonyl (C=O) groups excluding carboxylic acids is 2. The molecule has 1 aliphatic rings. The van der Waals surface area contributed by atoms with Gasteiger partial charge >= 0.3 is 0 Å². The molecule has 16 nitrogen and oxygen atoms in total. The number of aliphatic hydroxyl groups is 5. The van der Waals surface area contributed by atoms with Gasteiger partial charge in [0.15, 0.2) is 22.6 Å². The van der Waals surface area contributed by atoms with Crippen LogP contribution >= 0.6 is 11.6 Å². The number of nitrogens with two attached hydrogens (primary N) is 3. The van der Waals surface area contributed by atoms with Gasteiger partial charge in [0.1, 0.15) is 18.3 Å². The van der Waals surface area contributed by atoms with Crippen LogP contribution < -0.4 is 27.8 Å². The average Bonchev–Trinajstić information content (AvgIpc) is 3.17. The van der Waals surface area contributed by atoms with Gasteiger partial charge in [-0.1, -0.05) is 49.9 Å². The maximum absolute atomic E-state index is 12.6. The van der Waals surface area contributed by atoms with Crippen LogP contribution in [0.25, 0.3) is 0 Å². The minimum absolute atomic E-state index is 0.0433. The molecule has 1 aromatic heterocycles. The van der Waals surface area contributed by atoms with Crippen molar-refractivity contribution in [2.45, 2.75) is 128 Å². The summed E-state index contributed by atoms with van der Waals surface area (Å²) in [5.41, 5.74) is 23.0. The molecular weight excluding hydrogens is 742 g/mol. The van der Waals surface area contributed by atoms with E-state index in [1.54, 1.807) is 6.92 Å². The van der Waals surface area contributed by atoms with Crippen molar-refractivity contribution in [1.82, 2.24) is 25.5 Å². The number of anilines is 1. The zero-order valence-electron chi connectivity index (χ0n) is 32.9. The number of nitrogens with one attached hydrogen (secondary N) is 2. The van der Waals surface area contributed by atoms with E-state index in [4.69, 9.17) is 33.9 Å². The van der Waals surface area contributed by atoms with E-state index in [0.29, 0.717) is 44.7 Å². The van der Waals surface area contributed by atoms with Crippen LogP contribution in [-0.4, -0.2) is 128 Å². The summed E-state index contributed by atoms with van der Waals surface area (Å²) in [7, 11) is 0. The van der Waals surface area contributed by atoms with Gasteiger partial charge in [0.2, 0.25) is 5.91 Å². The highest BCUT2D eigenvalue weighted by Crippen LogP contribution is 2.30. The van der Waals surface area contributed by atoms with Crippen LogP contribution in [0.1, 0.15) is 103 Å². The summed E-state index contributed by atoms with van der Waals surface area (Å²) in [6.45, 7) is 5.28. The number of hydrogen-bond donors (Lipinski definition) is 10. The number of amides is 2. The lowest BCUT2D eigenvalue weighted by Gasteiger charge is -2.30. The van der Waals surface area contributed by atoms with Crippen molar-refractivity contribution in [3.63, 3.8) is 0 Å². The van der Waals surface area contributed by atoms with Crippen molar-refractivity contribution < 1.29 is 35.1 Å². The SMILES string of the molecule is CCCCCCN(CCCN[C@@H](Cc1ccc(CCCCN=C(N)NC(=O)c2nc(Cl)c(C)nc2N)c2c1CCCC2)C(N)=O)C[C@H](O)[C@@H](O)[C@H](O)[C@H](O)CO. The Morgan fingerprint density at radius 3 is 2.27 bits per heavy atom. The Morgan fingerprint density at radius 2 is 1.59 bits per heavy atom. The Kier molecular flexibility index (Phi) is 20.4. The van der Waals surface area contributed by atoms with Gasteiger partial charge in [-0.25, -0.2) is 9.97 Å². The maximum Gasteiger partial charge on any atom is 0.280 e. The molecule has 17 heteroatoms. The molecule has 56 heavy (non-hydrogen) atoms. The van der Waals surface area contributed by atoms with Crippen LogP contribution in [-0.2, 0) is 30.5 Å². The largest absolute Gasteiger partial charge is 0.394 e. The van der Waals surface area contributed by atoms with Crippen molar-refractivity contribution in [2.75, 3.05) is 45.1 Å². The van der Waals surface area contributed by atoms with Gasteiger partial charge in [0.05, 0.1) is 24.4 Å². The van der Waals surface area contributed by atoms with Gasteiger partial charge < -0.3 is 53.0 Å².